The predicted molar refractivity (Wildman–Crippen MR) is 42.7 cm³/mol. The highest BCUT2D eigenvalue weighted by Crippen LogP contribution is 2.36. The van der Waals surface area contributed by atoms with E-state index in [4.69, 9.17) is 0 Å². The van der Waals surface area contributed by atoms with Gasteiger partial charge in [0.05, 0.1) is 13.2 Å². The van der Waals surface area contributed by atoms with Gasteiger partial charge in [0.1, 0.15) is 0 Å². The Kier molecular flexibility index (Phi) is 5.36. The molecule has 0 heterocycles. The van der Waals surface area contributed by atoms with Crippen LogP contribution in [0.15, 0.2) is 12.7 Å². The number of ether oxygens (including phenoxy) is 2. The van der Waals surface area contributed by atoms with E-state index in [1.807, 2.05) is 0 Å². The van der Waals surface area contributed by atoms with Gasteiger partial charge < -0.3 is 9.47 Å². The fourth-order valence-electron chi connectivity index (χ4n) is 0.573. The first-order valence-corrected chi connectivity index (χ1v) is 4.08. The first-order chi connectivity index (χ1) is 7.20. The molecule has 0 N–H and O–H groups in total. The van der Waals surface area contributed by atoms with E-state index in [0.717, 1.165) is 6.08 Å². The Morgan fingerprint density at radius 3 is 2.19 bits per heavy atom. The summed E-state index contributed by atoms with van der Waals surface area (Å²) in [6.45, 7) is 1.86. The maximum Gasteiger partial charge on any atom is 0.482 e. The van der Waals surface area contributed by atoms with Crippen LogP contribution >= 0.6 is 0 Å². The van der Waals surface area contributed by atoms with Crippen molar-refractivity contribution < 1.29 is 36.2 Å². The summed E-state index contributed by atoms with van der Waals surface area (Å²) in [5.74, 6) is -0.789. The highest BCUT2D eigenvalue weighted by Gasteiger charge is 2.59. The summed E-state index contributed by atoms with van der Waals surface area (Å²) in [5.41, 5.74) is 0. The van der Waals surface area contributed by atoms with Gasteiger partial charge in [-0.05, 0) is 0 Å². The van der Waals surface area contributed by atoms with Crippen molar-refractivity contribution in [1.82, 2.24) is 0 Å². The normalized spacial score (nSPS) is 12.3. The van der Waals surface area contributed by atoms with Crippen molar-refractivity contribution in [3.63, 3.8) is 0 Å². The Bertz CT molecular complexity index is 249. The van der Waals surface area contributed by atoms with Crippen LogP contribution < -0.4 is 0 Å². The van der Waals surface area contributed by atoms with Gasteiger partial charge >= 0.3 is 18.3 Å². The summed E-state index contributed by atoms with van der Waals surface area (Å²) >= 11 is 0. The van der Waals surface area contributed by atoms with Crippen LogP contribution in [0.1, 0.15) is 6.42 Å². The zero-order chi connectivity index (χ0) is 12.8. The van der Waals surface area contributed by atoms with Gasteiger partial charge in [-0.2, -0.15) is 22.0 Å². The molecule has 0 amide bonds. The van der Waals surface area contributed by atoms with E-state index in [2.05, 4.69) is 16.1 Å². The molecule has 0 saturated carbocycles. The molecule has 0 aliphatic carbocycles. The quantitative estimate of drug-likeness (QED) is 0.313. The van der Waals surface area contributed by atoms with E-state index in [-0.39, 0.29) is 13.0 Å². The van der Waals surface area contributed by atoms with Crippen molar-refractivity contribution in [1.29, 1.82) is 0 Å². The first kappa shape index (κ1) is 14.8. The van der Waals surface area contributed by atoms with E-state index in [1.165, 1.54) is 0 Å². The number of hydrogen-bond acceptors (Lipinski definition) is 3. The third-order valence-electron chi connectivity index (χ3n) is 1.31. The Morgan fingerprint density at radius 1 is 1.19 bits per heavy atom. The van der Waals surface area contributed by atoms with Crippen LogP contribution in [0.2, 0.25) is 0 Å². The lowest BCUT2D eigenvalue weighted by Gasteiger charge is -2.19. The van der Waals surface area contributed by atoms with Crippen molar-refractivity contribution in [3.8, 4) is 0 Å². The lowest BCUT2D eigenvalue weighted by atomic mass is 10.5. The Balaban J connectivity index is 3.75. The van der Waals surface area contributed by atoms with Gasteiger partial charge in [0.15, 0.2) is 0 Å². The van der Waals surface area contributed by atoms with Crippen LogP contribution in [-0.4, -0.2) is 31.5 Å². The van der Waals surface area contributed by atoms with Crippen LogP contribution in [-0.2, 0) is 14.3 Å². The fourth-order valence-corrected chi connectivity index (χ4v) is 0.573. The molecule has 0 aromatic carbocycles. The van der Waals surface area contributed by atoms with Gasteiger partial charge in [-0.3, -0.25) is 0 Å². The number of esters is 1. The molecule has 16 heavy (non-hydrogen) atoms. The summed E-state index contributed by atoms with van der Waals surface area (Å²) in [6.07, 6.45) is -10.4. The van der Waals surface area contributed by atoms with E-state index < -0.39 is 24.9 Å². The molecule has 0 radical (unpaired) electrons. The van der Waals surface area contributed by atoms with Crippen molar-refractivity contribution in [2.45, 2.75) is 18.7 Å². The molecule has 0 bridgehead atoms. The van der Waals surface area contributed by atoms with Gasteiger partial charge in [-0.1, -0.05) is 6.58 Å². The van der Waals surface area contributed by atoms with Crippen molar-refractivity contribution in [2.75, 3.05) is 13.2 Å². The minimum atomic E-state index is -5.75. The molecule has 0 aliphatic rings. The second-order valence-electron chi connectivity index (χ2n) is 2.59. The molecule has 0 saturated heterocycles. The minimum absolute atomic E-state index is 0.273. The van der Waals surface area contributed by atoms with Crippen LogP contribution in [0.25, 0.3) is 0 Å². The number of alkyl halides is 5. The molecule has 0 aromatic heterocycles. The lowest BCUT2D eigenvalue weighted by molar-refractivity contribution is -0.391. The zero-order valence-corrected chi connectivity index (χ0v) is 8.02. The SMILES string of the molecule is C=CC(=O)OCCCOC(F)(F)C(F)(F)F. The van der Waals surface area contributed by atoms with Gasteiger partial charge in [-0.25, -0.2) is 4.79 Å². The van der Waals surface area contributed by atoms with Crippen molar-refractivity contribution in [3.05, 3.63) is 12.7 Å². The van der Waals surface area contributed by atoms with Crippen LogP contribution in [0.5, 0.6) is 0 Å². The topological polar surface area (TPSA) is 35.5 Å². The lowest BCUT2D eigenvalue weighted by Crippen LogP contribution is -2.39. The average molecular weight is 248 g/mol. The molecular formula is C8H9F5O3. The fraction of sp³-hybridized carbons (Fsp3) is 0.625. The largest absolute Gasteiger partial charge is 0.482 e. The van der Waals surface area contributed by atoms with Crippen LogP contribution in [0, 0.1) is 0 Å². The Morgan fingerprint density at radius 2 is 1.75 bits per heavy atom. The second kappa shape index (κ2) is 5.78. The van der Waals surface area contributed by atoms with Crippen LogP contribution in [0.4, 0.5) is 22.0 Å². The van der Waals surface area contributed by atoms with E-state index >= 15 is 0 Å². The Labute approximate surface area is 87.8 Å². The summed E-state index contributed by atoms with van der Waals surface area (Å²) in [6, 6.07) is 0. The molecule has 0 rings (SSSR count). The summed E-state index contributed by atoms with van der Waals surface area (Å²) in [5, 5.41) is 0. The molecule has 0 spiro atoms. The maximum absolute atomic E-state index is 12.1. The van der Waals surface area contributed by atoms with Gasteiger partial charge in [-0.15, -0.1) is 0 Å². The summed E-state index contributed by atoms with van der Waals surface area (Å²) in [7, 11) is 0. The number of carbonyl (C=O) groups is 1. The molecule has 0 aromatic rings. The predicted octanol–water partition coefficient (Wildman–Crippen LogP) is 2.28. The van der Waals surface area contributed by atoms with Crippen molar-refractivity contribution in [2.24, 2.45) is 0 Å². The molecule has 0 unspecified atom stereocenters. The Hall–Kier alpha value is -1.18. The number of carbonyl (C=O) groups excluding carboxylic acids is 1. The minimum Gasteiger partial charge on any atom is -0.462 e. The summed E-state index contributed by atoms with van der Waals surface area (Å²) in [4.78, 5) is 10.4. The average Bonchev–Trinajstić information content (AvgIpc) is 2.15. The van der Waals surface area contributed by atoms with E-state index in [1.54, 1.807) is 0 Å². The zero-order valence-electron chi connectivity index (χ0n) is 8.02. The van der Waals surface area contributed by atoms with Crippen molar-refractivity contribution >= 4 is 5.97 Å². The second-order valence-corrected chi connectivity index (χ2v) is 2.59. The maximum atomic E-state index is 12.1. The third-order valence-corrected chi connectivity index (χ3v) is 1.31. The molecule has 0 fully saturated rings. The highest BCUT2D eigenvalue weighted by molar-refractivity contribution is 5.81. The number of halogens is 5. The van der Waals surface area contributed by atoms with E-state index in [9.17, 15) is 26.7 Å². The molecule has 3 nitrogen and oxygen atoms in total. The molecule has 0 aliphatic heterocycles. The molecule has 0 atom stereocenters. The van der Waals surface area contributed by atoms with Crippen LogP contribution in [0.3, 0.4) is 0 Å². The first-order valence-electron chi connectivity index (χ1n) is 4.08. The molecule has 8 heteroatoms. The van der Waals surface area contributed by atoms with E-state index in [0.29, 0.717) is 0 Å². The molecule has 94 valence electrons. The van der Waals surface area contributed by atoms with Gasteiger partial charge in [0.25, 0.3) is 0 Å². The summed E-state index contributed by atoms with van der Waals surface area (Å²) < 4.78 is 66.5. The molecular weight excluding hydrogens is 239 g/mol. The highest BCUT2D eigenvalue weighted by atomic mass is 19.4. The van der Waals surface area contributed by atoms with Gasteiger partial charge in [0.2, 0.25) is 0 Å². The third kappa shape index (κ3) is 5.06. The van der Waals surface area contributed by atoms with Gasteiger partial charge in [0, 0.05) is 12.5 Å². The number of rotatable bonds is 6. The smallest absolute Gasteiger partial charge is 0.462 e. The standard InChI is InChI=1S/C8H9F5O3/c1-2-6(14)15-4-3-5-16-8(12,13)7(9,10)11/h2H,1,3-5H2. The monoisotopic (exact) mass is 248 g/mol. The number of hydrogen-bond donors (Lipinski definition) is 0.